The second-order valence-corrected chi connectivity index (χ2v) is 8.30. The van der Waals surface area contributed by atoms with E-state index >= 15 is 0 Å². The van der Waals surface area contributed by atoms with Crippen molar-refractivity contribution < 1.29 is 0 Å². The standard InChI is InChI=1S/C20H17ClN4S2/c1-12-3-5-13(6-4-12)19-23-20(25-24-19)27-11-15-9-14-7-8-16(26-2)10-17(14)22-18(15)21/h3-10H,11H2,1-2H3,(H,23,24,25). The van der Waals surface area contributed by atoms with Crippen molar-refractivity contribution in [3.05, 3.63) is 64.8 Å². The van der Waals surface area contributed by atoms with Crippen LogP contribution in [0.2, 0.25) is 5.15 Å². The highest BCUT2D eigenvalue weighted by atomic mass is 35.5. The highest BCUT2D eigenvalue weighted by Crippen LogP contribution is 2.29. The quantitative estimate of drug-likeness (QED) is 0.322. The number of aromatic amines is 1. The molecule has 4 aromatic rings. The molecule has 4 rings (SSSR count). The molecule has 0 amide bonds. The van der Waals surface area contributed by atoms with Gasteiger partial charge in [-0.3, -0.25) is 5.10 Å². The minimum Gasteiger partial charge on any atom is -0.258 e. The summed E-state index contributed by atoms with van der Waals surface area (Å²) in [4.78, 5) is 10.3. The van der Waals surface area contributed by atoms with Crippen molar-refractivity contribution >= 4 is 46.0 Å². The Morgan fingerprint density at radius 3 is 2.63 bits per heavy atom. The number of hydrogen-bond donors (Lipinski definition) is 1. The summed E-state index contributed by atoms with van der Waals surface area (Å²) in [6, 6.07) is 16.5. The van der Waals surface area contributed by atoms with Gasteiger partial charge in [-0.25, -0.2) is 9.97 Å². The van der Waals surface area contributed by atoms with Crippen LogP contribution in [0, 0.1) is 6.92 Å². The Balaban J connectivity index is 1.51. The fourth-order valence-corrected chi connectivity index (χ4v) is 4.19. The van der Waals surface area contributed by atoms with E-state index in [4.69, 9.17) is 11.6 Å². The van der Waals surface area contributed by atoms with Crippen LogP contribution in [0.1, 0.15) is 11.1 Å². The molecule has 136 valence electrons. The molecule has 0 bridgehead atoms. The van der Waals surface area contributed by atoms with Gasteiger partial charge in [-0.15, -0.1) is 16.9 Å². The molecule has 4 nitrogen and oxygen atoms in total. The maximum atomic E-state index is 6.40. The number of thioether (sulfide) groups is 2. The van der Waals surface area contributed by atoms with Crippen molar-refractivity contribution in [2.75, 3.05) is 6.26 Å². The molecule has 2 aromatic heterocycles. The number of benzene rings is 2. The molecule has 27 heavy (non-hydrogen) atoms. The number of fused-ring (bicyclic) bond motifs is 1. The summed E-state index contributed by atoms with van der Waals surface area (Å²) in [5.41, 5.74) is 4.14. The molecule has 2 heterocycles. The van der Waals surface area contributed by atoms with E-state index in [1.165, 1.54) is 10.5 Å². The van der Waals surface area contributed by atoms with Gasteiger partial charge in [0.15, 0.2) is 5.82 Å². The Morgan fingerprint density at radius 1 is 1.04 bits per heavy atom. The van der Waals surface area contributed by atoms with Gasteiger partial charge in [0.1, 0.15) is 5.15 Å². The van der Waals surface area contributed by atoms with E-state index in [-0.39, 0.29) is 0 Å². The van der Waals surface area contributed by atoms with Crippen LogP contribution in [-0.4, -0.2) is 26.4 Å². The first-order valence-electron chi connectivity index (χ1n) is 8.38. The van der Waals surface area contributed by atoms with Crippen LogP contribution in [-0.2, 0) is 5.75 Å². The third kappa shape index (κ3) is 4.13. The van der Waals surface area contributed by atoms with Crippen LogP contribution in [0.25, 0.3) is 22.3 Å². The minimum atomic E-state index is 0.530. The van der Waals surface area contributed by atoms with Gasteiger partial charge in [0.05, 0.1) is 5.52 Å². The largest absolute Gasteiger partial charge is 0.258 e. The third-order valence-corrected chi connectivity index (χ3v) is 6.15. The van der Waals surface area contributed by atoms with E-state index in [2.05, 4.69) is 69.7 Å². The molecule has 0 aliphatic heterocycles. The normalized spacial score (nSPS) is 11.2. The predicted molar refractivity (Wildman–Crippen MR) is 115 cm³/mol. The third-order valence-electron chi connectivity index (χ3n) is 4.20. The molecule has 7 heteroatoms. The number of nitrogens with zero attached hydrogens (tertiary/aromatic N) is 3. The topological polar surface area (TPSA) is 54.5 Å². The van der Waals surface area contributed by atoms with Gasteiger partial charge < -0.3 is 0 Å². The van der Waals surface area contributed by atoms with Gasteiger partial charge in [-0.2, -0.15) is 0 Å². The van der Waals surface area contributed by atoms with E-state index < -0.39 is 0 Å². The second kappa shape index (κ2) is 7.92. The van der Waals surface area contributed by atoms with Crippen molar-refractivity contribution in [2.24, 2.45) is 0 Å². The second-order valence-electron chi connectivity index (χ2n) is 6.12. The Morgan fingerprint density at radius 2 is 1.85 bits per heavy atom. The van der Waals surface area contributed by atoms with Gasteiger partial charge >= 0.3 is 0 Å². The SMILES string of the molecule is CSc1ccc2cc(CSc3n[nH]c(-c4ccc(C)cc4)n3)c(Cl)nc2c1. The fraction of sp³-hybridized carbons (Fsp3) is 0.150. The van der Waals surface area contributed by atoms with Crippen molar-refractivity contribution in [2.45, 2.75) is 22.7 Å². The van der Waals surface area contributed by atoms with E-state index in [0.29, 0.717) is 16.1 Å². The average molecular weight is 413 g/mol. The summed E-state index contributed by atoms with van der Waals surface area (Å²) in [6.45, 7) is 2.06. The summed E-state index contributed by atoms with van der Waals surface area (Å²) < 4.78 is 0. The summed E-state index contributed by atoms with van der Waals surface area (Å²) in [6.07, 6.45) is 2.05. The lowest BCUT2D eigenvalue weighted by Crippen LogP contribution is -1.90. The van der Waals surface area contributed by atoms with Gasteiger partial charge in [-0.1, -0.05) is 59.3 Å². The highest BCUT2D eigenvalue weighted by molar-refractivity contribution is 7.98. The molecular formula is C20H17ClN4S2. The van der Waals surface area contributed by atoms with Crippen molar-refractivity contribution in [1.29, 1.82) is 0 Å². The zero-order chi connectivity index (χ0) is 18.8. The Kier molecular flexibility index (Phi) is 5.38. The maximum absolute atomic E-state index is 6.40. The van der Waals surface area contributed by atoms with Gasteiger partial charge in [0.25, 0.3) is 0 Å². The summed E-state index contributed by atoms with van der Waals surface area (Å²) in [5.74, 6) is 1.43. The first-order chi connectivity index (χ1) is 13.1. The van der Waals surface area contributed by atoms with Crippen LogP contribution in [0.4, 0.5) is 0 Å². The number of hydrogen-bond acceptors (Lipinski definition) is 5. The van der Waals surface area contributed by atoms with Crippen molar-refractivity contribution in [3.8, 4) is 11.4 Å². The molecule has 2 aromatic carbocycles. The molecule has 0 unspecified atom stereocenters. The molecule has 0 atom stereocenters. The molecule has 0 aliphatic carbocycles. The number of aromatic nitrogens is 4. The molecule has 0 radical (unpaired) electrons. The molecule has 0 aliphatic rings. The molecule has 0 saturated heterocycles. The number of aryl methyl sites for hydroxylation is 1. The Bertz CT molecular complexity index is 1090. The lowest BCUT2D eigenvalue weighted by atomic mass is 10.1. The van der Waals surface area contributed by atoms with Gasteiger partial charge in [0.2, 0.25) is 5.16 Å². The zero-order valence-electron chi connectivity index (χ0n) is 14.9. The molecule has 0 saturated carbocycles. The lowest BCUT2D eigenvalue weighted by molar-refractivity contribution is 0.973. The van der Waals surface area contributed by atoms with Crippen LogP contribution >= 0.6 is 35.1 Å². The summed E-state index contributed by atoms with van der Waals surface area (Å²) in [7, 11) is 0. The maximum Gasteiger partial charge on any atom is 0.209 e. The van der Waals surface area contributed by atoms with Gasteiger partial charge in [-0.05, 0) is 31.4 Å². The number of H-pyrrole nitrogens is 1. The van der Waals surface area contributed by atoms with E-state index in [1.54, 1.807) is 23.5 Å². The van der Waals surface area contributed by atoms with Gasteiger partial charge in [0, 0.05) is 27.2 Å². The van der Waals surface area contributed by atoms with E-state index in [9.17, 15) is 0 Å². The van der Waals surface area contributed by atoms with E-state index in [1.807, 2.05) is 12.1 Å². The molecule has 1 N–H and O–H groups in total. The van der Waals surface area contributed by atoms with Crippen LogP contribution < -0.4 is 0 Å². The summed E-state index contributed by atoms with van der Waals surface area (Å²) in [5, 5.41) is 9.62. The first-order valence-corrected chi connectivity index (χ1v) is 11.0. The monoisotopic (exact) mass is 412 g/mol. The summed E-state index contributed by atoms with van der Waals surface area (Å²) >= 11 is 9.64. The minimum absolute atomic E-state index is 0.530. The molecule has 0 spiro atoms. The number of nitrogens with one attached hydrogen (secondary N) is 1. The number of halogens is 1. The molecule has 0 fully saturated rings. The predicted octanol–water partition coefficient (Wildman–Crippen LogP) is 6.00. The number of rotatable bonds is 5. The van der Waals surface area contributed by atoms with Crippen molar-refractivity contribution in [3.63, 3.8) is 0 Å². The fourth-order valence-electron chi connectivity index (χ4n) is 2.69. The average Bonchev–Trinajstić information content (AvgIpc) is 3.15. The Hall–Kier alpha value is -2.02. The van der Waals surface area contributed by atoms with Crippen LogP contribution in [0.3, 0.4) is 0 Å². The van der Waals surface area contributed by atoms with Crippen LogP contribution in [0.5, 0.6) is 0 Å². The van der Waals surface area contributed by atoms with Crippen LogP contribution in [0.15, 0.2) is 58.6 Å². The zero-order valence-corrected chi connectivity index (χ0v) is 17.3. The lowest BCUT2D eigenvalue weighted by Gasteiger charge is -2.06. The molecular weight excluding hydrogens is 396 g/mol. The first kappa shape index (κ1) is 18.3. The number of pyridine rings is 1. The Labute approximate surface area is 171 Å². The van der Waals surface area contributed by atoms with E-state index in [0.717, 1.165) is 27.9 Å². The smallest absolute Gasteiger partial charge is 0.209 e. The highest BCUT2D eigenvalue weighted by Gasteiger charge is 2.10. The van der Waals surface area contributed by atoms with Crippen molar-refractivity contribution in [1.82, 2.24) is 20.2 Å².